The van der Waals surface area contributed by atoms with Crippen LogP contribution in [-0.4, -0.2) is 17.2 Å². The summed E-state index contributed by atoms with van der Waals surface area (Å²) in [5, 5.41) is 9.88. The predicted octanol–water partition coefficient (Wildman–Crippen LogP) is 7.47. The number of unbranched alkanes of at least 4 members (excludes halogenated alkanes) is 5. The van der Waals surface area contributed by atoms with Crippen molar-refractivity contribution in [1.29, 1.82) is 0 Å². The summed E-state index contributed by atoms with van der Waals surface area (Å²) in [5.41, 5.74) is 2.92. The van der Waals surface area contributed by atoms with Crippen molar-refractivity contribution >= 4 is 5.97 Å². The molecule has 0 saturated heterocycles. The lowest BCUT2D eigenvalue weighted by molar-refractivity contribution is -0.156. The molecule has 3 heteroatoms. The standard InChI is InChI=1S/C29H42O3/c1-3-4-5-6-7-8-9-10-11-28(31)32-27-17-16-26-25-14-12-21-20-22(30)13-15-23(21)24(25)18-19-29(26,27)2/h9-10,13,15,20,24-27,30H,3-8,11-12,14,16-19H2,1-2H3/t24-,25-,26+,27?,29+/m1/s1. The average molecular weight is 439 g/mol. The second-order valence-corrected chi connectivity index (χ2v) is 10.8. The van der Waals surface area contributed by atoms with E-state index in [9.17, 15) is 9.90 Å². The van der Waals surface area contributed by atoms with Crippen LogP contribution in [0.15, 0.2) is 30.4 Å². The zero-order chi connectivity index (χ0) is 22.6. The Hall–Kier alpha value is -1.77. The van der Waals surface area contributed by atoms with Gasteiger partial charge in [-0.05, 0) is 92.4 Å². The number of rotatable bonds is 9. The molecule has 176 valence electrons. The van der Waals surface area contributed by atoms with Crippen molar-refractivity contribution in [2.24, 2.45) is 17.3 Å². The zero-order valence-electron chi connectivity index (χ0n) is 20.2. The summed E-state index contributed by atoms with van der Waals surface area (Å²) in [5.74, 6) is 2.26. The van der Waals surface area contributed by atoms with Crippen molar-refractivity contribution in [3.05, 3.63) is 41.5 Å². The number of hydrogen-bond donors (Lipinski definition) is 1. The Labute approximate surface area is 194 Å². The number of carbonyl (C=O) groups is 1. The summed E-state index contributed by atoms with van der Waals surface area (Å²) in [6.45, 7) is 4.63. The number of phenols is 1. The summed E-state index contributed by atoms with van der Waals surface area (Å²) >= 11 is 0. The van der Waals surface area contributed by atoms with Gasteiger partial charge in [0.2, 0.25) is 0 Å². The summed E-state index contributed by atoms with van der Waals surface area (Å²) in [6.07, 6.45) is 18.9. The number of ether oxygens (including phenoxy) is 1. The minimum Gasteiger partial charge on any atom is -0.508 e. The maximum atomic E-state index is 12.6. The van der Waals surface area contributed by atoms with Crippen molar-refractivity contribution in [2.45, 2.75) is 109 Å². The highest BCUT2D eigenvalue weighted by Crippen LogP contribution is 2.61. The molecular weight excluding hydrogens is 396 g/mol. The molecule has 2 saturated carbocycles. The number of phenolic OH excluding ortho intramolecular Hbond substituents is 1. The molecule has 0 aliphatic heterocycles. The summed E-state index contributed by atoms with van der Waals surface area (Å²) in [4.78, 5) is 12.6. The van der Waals surface area contributed by atoms with Gasteiger partial charge in [-0.15, -0.1) is 0 Å². The third-order valence-electron chi connectivity index (χ3n) is 8.82. The lowest BCUT2D eigenvalue weighted by atomic mass is 9.55. The van der Waals surface area contributed by atoms with Crippen LogP contribution in [0.1, 0.15) is 108 Å². The van der Waals surface area contributed by atoms with Gasteiger partial charge in [0.1, 0.15) is 11.9 Å². The van der Waals surface area contributed by atoms with Crippen LogP contribution >= 0.6 is 0 Å². The summed E-state index contributed by atoms with van der Waals surface area (Å²) in [7, 11) is 0. The third kappa shape index (κ3) is 4.92. The van der Waals surface area contributed by atoms with Crippen molar-refractivity contribution in [2.75, 3.05) is 0 Å². The first-order valence-corrected chi connectivity index (χ1v) is 13.2. The Bertz CT molecular complexity index is 813. The Morgan fingerprint density at radius 3 is 2.81 bits per heavy atom. The van der Waals surface area contributed by atoms with Crippen molar-refractivity contribution in [3.8, 4) is 5.75 Å². The van der Waals surface area contributed by atoms with E-state index in [2.05, 4.69) is 26.0 Å². The quantitative estimate of drug-likeness (QED) is 0.247. The average Bonchev–Trinajstić information content (AvgIpc) is 3.11. The number of esters is 1. The van der Waals surface area contributed by atoms with E-state index in [0.29, 0.717) is 29.9 Å². The number of allylic oxidation sites excluding steroid dienone is 1. The highest BCUT2D eigenvalue weighted by molar-refractivity contribution is 5.71. The second-order valence-electron chi connectivity index (χ2n) is 10.8. The SMILES string of the molecule is CCCCCCCC=CCC(=O)OC1CC[C@H]2[C@@H]3CCc4cc(O)ccc4[C@H]3CC[C@]12C. The van der Waals surface area contributed by atoms with Gasteiger partial charge >= 0.3 is 5.97 Å². The number of aromatic hydroxyl groups is 1. The number of carbonyl (C=O) groups excluding carboxylic acids is 1. The molecule has 1 N–H and O–H groups in total. The van der Waals surface area contributed by atoms with E-state index in [0.717, 1.165) is 25.7 Å². The zero-order valence-corrected chi connectivity index (χ0v) is 20.2. The molecule has 0 heterocycles. The molecule has 0 amide bonds. The van der Waals surface area contributed by atoms with E-state index in [1.54, 1.807) is 0 Å². The van der Waals surface area contributed by atoms with Crippen LogP contribution in [0.5, 0.6) is 5.75 Å². The van der Waals surface area contributed by atoms with E-state index in [4.69, 9.17) is 4.74 Å². The van der Waals surface area contributed by atoms with Gasteiger partial charge in [0.05, 0.1) is 6.42 Å². The highest BCUT2D eigenvalue weighted by atomic mass is 16.5. The van der Waals surface area contributed by atoms with Crippen LogP contribution in [0.25, 0.3) is 0 Å². The fraction of sp³-hybridized carbons (Fsp3) is 0.690. The van der Waals surface area contributed by atoms with Gasteiger partial charge in [-0.25, -0.2) is 0 Å². The van der Waals surface area contributed by atoms with Gasteiger partial charge in [0, 0.05) is 5.41 Å². The van der Waals surface area contributed by atoms with E-state index < -0.39 is 0 Å². The molecule has 3 aliphatic carbocycles. The highest BCUT2D eigenvalue weighted by Gasteiger charge is 2.56. The van der Waals surface area contributed by atoms with Gasteiger partial charge in [-0.3, -0.25) is 4.79 Å². The predicted molar refractivity (Wildman–Crippen MR) is 130 cm³/mol. The maximum absolute atomic E-state index is 12.6. The van der Waals surface area contributed by atoms with Gasteiger partial charge in [0.25, 0.3) is 0 Å². The molecule has 0 radical (unpaired) electrons. The number of hydrogen-bond acceptors (Lipinski definition) is 3. The molecule has 3 nitrogen and oxygen atoms in total. The van der Waals surface area contributed by atoms with Crippen LogP contribution in [0.2, 0.25) is 0 Å². The molecule has 1 unspecified atom stereocenters. The number of aryl methyl sites for hydroxylation is 1. The number of benzene rings is 1. The second kappa shape index (κ2) is 10.4. The van der Waals surface area contributed by atoms with Crippen LogP contribution in [0.3, 0.4) is 0 Å². The Morgan fingerprint density at radius 1 is 1.12 bits per heavy atom. The van der Waals surface area contributed by atoms with Crippen LogP contribution < -0.4 is 0 Å². The molecule has 2 fully saturated rings. The first kappa shape index (κ1) is 23.4. The first-order valence-electron chi connectivity index (χ1n) is 13.2. The lowest BCUT2D eigenvalue weighted by Gasteiger charge is -2.50. The minimum atomic E-state index is -0.0503. The van der Waals surface area contributed by atoms with E-state index in [1.807, 2.05) is 18.2 Å². The molecule has 4 rings (SSSR count). The van der Waals surface area contributed by atoms with Crippen LogP contribution in [0, 0.1) is 17.3 Å². The lowest BCUT2D eigenvalue weighted by Crippen LogP contribution is -2.45. The van der Waals surface area contributed by atoms with E-state index in [-0.39, 0.29) is 17.5 Å². The molecular formula is C29H42O3. The number of fused-ring (bicyclic) bond motifs is 5. The molecule has 0 bridgehead atoms. The molecule has 3 aliphatic rings. The van der Waals surface area contributed by atoms with Gasteiger partial charge in [-0.2, -0.15) is 0 Å². The molecule has 5 atom stereocenters. The fourth-order valence-corrected chi connectivity index (χ4v) is 7.08. The van der Waals surface area contributed by atoms with Crippen LogP contribution in [-0.2, 0) is 16.0 Å². The minimum absolute atomic E-state index is 0.0503. The van der Waals surface area contributed by atoms with Crippen LogP contribution in [0.4, 0.5) is 0 Å². The van der Waals surface area contributed by atoms with E-state index in [1.165, 1.54) is 62.5 Å². The van der Waals surface area contributed by atoms with Crippen molar-refractivity contribution in [1.82, 2.24) is 0 Å². The molecule has 32 heavy (non-hydrogen) atoms. The topological polar surface area (TPSA) is 46.5 Å². The molecule has 0 aromatic heterocycles. The molecule has 1 aromatic carbocycles. The normalized spacial score (nSPS) is 31.2. The first-order chi connectivity index (χ1) is 15.5. The fourth-order valence-electron chi connectivity index (χ4n) is 7.08. The third-order valence-corrected chi connectivity index (χ3v) is 8.82. The summed E-state index contributed by atoms with van der Waals surface area (Å²) < 4.78 is 6.09. The maximum Gasteiger partial charge on any atom is 0.309 e. The van der Waals surface area contributed by atoms with Crippen molar-refractivity contribution in [3.63, 3.8) is 0 Å². The Morgan fingerprint density at radius 2 is 1.97 bits per heavy atom. The van der Waals surface area contributed by atoms with E-state index >= 15 is 0 Å². The molecule has 0 spiro atoms. The molecule has 1 aromatic rings. The Balaban J connectivity index is 1.29. The largest absolute Gasteiger partial charge is 0.508 e. The monoisotopic (exact) mass is 438 g/mol. The Kier molecular flexibility index (Phi) is 7.63. The smallest absolute Gasteiger partial charge is 0.309 e. The van der Waals surface area contributed by atoms with Gasteiger partial charge < -0.3 is 9.84 Å². The van der Waals surface area contributed by atoms with Crippen molar-refractivity contribution < 1.29 is 14.6 Å². The summed E-state index contributed by atoms with van der Waals surface area (Å²) in [6, 6.07) is 5.98. The van der Waals surface area contributed by atoms with Gasteiger partial charge in [-0.1, -0.05) is 57.7 Å². The van der Waals surface area contributed by atoms with Gasteiger partial charge in [0.15, 0.2) is 0 Å².